The van der Waals surface area contributed by atoms with Crippen molar-refractivity contribution in [1.29, 1.82) is 0 Å². The van der Waals surface area contributed by atoms with Gasteiger partial charge in [0.25, 0.3) is 5.69 Å². The highest BCUT2D eigenvalue weighted by Crippen LogP contribution is 2.26. The second-order valence-electron chi connectivity index (χ2n) is 6.09. The van der Waals surface area contributed by atoms with Crippen molar-refractivity contribution in [3.05, 3.63) is 40.4 Å². The van der Waals surface area contributed by atoms with Crippen molar-refractivity contribution in [3.8, 4) is 11.3 Å². The van der Waals surface area contributed by atoms with Gasteiger partial charge in [0.15, 0.2) is 5.82 Å². The summed E-state index contributed by atoms with van der Waals surface area (Å²) in [7, 11) is 0. The van der Waals surface area contributed by atoms with Crippen LogP contribution in [0.2, 0.25) is 0 Å². The molecule has 2 N–H and O–H groups in total. The summed E-state index contributed by atoms with van der Waals surface area (Å²) in [5, 5.41) is 20.6. The van der Waals surface area contributed by atoms with E-state index in [4.69, 9.17) is 4.74 Å². The fourth-order valence-corrected chi connectivity index (χ4v) is 2.95. The predicted octanol–water partition coefficient (Wildman–Crippen LogP) is 3.13. The van der Waals surface area contributed by atoms with E-state index >= 15 is 0 Å². The van der Waals surface area contributed by atoms with Gasteiger partial charge in [0, 0.05) is 36.3 Å². The molecule has 1 aromatic carbocycles. The maximum Gasteiger partial charge on any atom is 0.270 e. The number of non-ortho nitro benzene ring substituents is 1. The van der Waals surface area contributed by atoms with Crippen LogP contribution in [0.15, 0.2) is 30.3 Å². The minimum atomic E-state index is -0.447. The molecule has 0 saturated carbocycles. The molecule has 1 aliphatic rings. The molecule has 1 aromatic heterocycles. The third kappa shape index (κ3) is 4.03. The number of amides is 1. The molecule has 2 atom stereocenters. The van der Waals surface area contributed by atoms with Crippen LogP contribution in [0.3, 0.4) is 0 Å². The van der Waals surface area contributed by atoms with Crippen LogP contribution in [-0.2, 0) is 9.53 Å². The zero-order valence-corrected chi connectivity index (χ0v) is 13.9. The number of nitrogens with zero attached hydrogens (tertiary/aromatic N) is 2. The molecular weight excluding hydrogens is 324 g/mol. The average molecular weight is 344 g/mol. The fourth-order valence-electron chi connectivity index (χ4n) is 2.95. The number of benzene rings is 1. The summed E-state index contributed by atoms with van der Waals surface area (Å²) in [5.74, 6) is 0.251. The molecule has 8 heteroatoms. The van der Waals surface area contributed by atoms with Gasteiger partial charge in [-0.05, 0) is 19.3 Å². The van der Waals surface area contributed by atoms with E-state index < -0.39 is 4.92 Å². The molecule has 2 aromatic rings. The van der Waals surface area contributed by atoms with Gasteiger partial charge in [0.05, 0.1) is 16.7 Å². The van der Waals surface area contributed by atoms with Gasteiger partial charge in [-0.3, -0.25) is 20.0 Å². The fraction of sp³-hybridized carbons (Fsp3) is 0.412. The number of hydrogen-bond donors (Lipinski definition) is 2. The lowest BCUT2D eigenvalue weighted by Crippen LogP contribution is -2.33. The number of carbonyl (C=O) groups is 1. The van der Waals surface area contributed by atoms with Gasteiger partial charge in [-0.1, -0.05) is 19.1 Å². The summed E-state index contributed by atoms with van der Waals surface area (Å²) in [6.45, 7) is 2.64. The molecule has 0 unspecified atom stereocenters. The molecule has 1 aliphatic heterocycles. The molecule has 3 rings (SSSR count). The van der Waals surface area contributed by atoms with Crippen LogP contribution in [-0.4, -0.2) is 33.7 Å². The third-order valence-electron chi connectivity index (χ3n) is 4.39. The van der Waals surface area contributed by atoms with Gasteiger partial charge in [-0.25, -0.2) is 0 Å². The molecule has 1 saturated heterocycles. The predicted molar refractivity (Wildman–Crippen MR) is 92.1 cm³/mol. The monoisotopic (exact) mass is 344 g/mol. The van der Waals surface area contributed by atoms with E-state index in [0.29, 0.717) is 36.5 Å². The number of anilines is 1. The molecular formula is C17H20N4O4. The van der Waals surface area contributed by atoms with E-state index in [0.717, 1.165) is 6.42 Å². The molecule has 0 spiro atoms. The van der Waals surface area contributed by atoms with Crippen molar-refractivity contribution >= 4 is 17.4 Å². The number of rotatable bonds is 5. The summed E-state index contributed by atoms with van der Waals surface area (Å²) >= 11 is 0. The van der Waals surface area contributed by atoms with Crippen LogP contribution >= 0.6 is 0 Å². The van der Waals surface area contributed by atoms with Crippen LogP contribution in [0.25, 0.3) is 11.3 Å². The number of nitrogens with one attached hydrogen (secondary N) is 2. The first-order chi connectivity index (χ1) is 12.1. The SMILES string of the molecule is CC[C@H]1C[C@@H](C(=O)Nc2cc(-c3cccc([N+](=O)[O-])c3)[nH]n2)CCO1. The topological polar surface area (TPSA) is 110 Å². The van der Waals surface area contributed by atoms with Gasteiger partial charge >= 0.3 is 0 Å². The lowest BCUT2D eigenvalue weighted by atomic mass is 9.93. The second kappa shape index (κ2) is 7.43. The zero-order valence-electron chi connectivity index (χ0n) is 13.9. The Morgan fingerprint density at radius 3 is 3.08 bits per heavy atom. The van der Waals surface area contributed by atoms with Gasteiger partial charge < -0.3 is 10.1 Å². The average Bonchev–Trinajstić information content (AvgIpc) is 3.10. The molecule has 132 valence electrons. The minimum absolute atomic E-state index is 0.00509. The van der Waals surface area contributed by atoms with E-state index in [2.05, 4.69) is 15.5 Å². The highest BCUT2D eigenvalue weighted by Gasteiger charge is 2.27. The van der Waals surface area contributed by atoms with Gasteiger partial charge in [-0.15, -0.1) is 0 Å². The van der Waals surface area contributed by atoms with Crippen molar-refractivity contribution in [1.82, 2.24) is 10.2 Å². The number of aromatic nitrogens is 2. The van der Waals surface area contributed by atoms with E-state index in [9.17, 15) is 14.9 Å². The molecule has 1 fully saturated rings. The summed E-state index contributed by atoms with van der Waals surface area (Å²) in [5.41, 5.74) is 1.25. The highest BCUT2D eigenvalue weighted by atomic mass is 16.6. The summed E-state index contributed by atoms with van der Waals surface area (Å²) in [6.07, 6.45) is 2.43. The molecule has 25 heavy (non-hydrogen) atoms. The van der Waals surface area contributed by atoms with Crippen LogP contribution in [0.4, 0.5) is 11.5 Å². The van der Waals surface area contributed by atoms with Crippen molar-refractivity contribution in [2.45, 2.75) is 32.3 Å². The number of H-pyrrole nitrogens is 1. The van der Waals surface area contributed by atoms with E-state index in [1.165, 1.54) is 12.1 Å². The first-order valence-corrected chi connectivity index (χ1v) is 8.29. The summed E-state index contributed by atoms with van der Waals surface area (Å²) in [4.78, 5) is 22.8. The standard InChI is InChI=1S/C17H20N4O4/c1-2-14-9-12(6-7-25-14)17(22)18-16-10-15(19-20-16)11-4-3-5-13(8-11)21(23)24/h3-5,8,10,12,14H,2,6-7,9H2,1H3,(H2,18,19,20,22)/t12-,14-/m0/s1. The maximum atomic E-state index is 12.4. The Hall–Kier alpha value is -2.74. The zero-order chi connectivity index (χ0) is 17.8. The molecule has 1 amide bonds. The van der Waals surface area contributed by atoms with Crippen molar-refractivity contribution in [2.75, 3.05) is 11.9 Å². The molecule has 8 nitrogen and oxygen atoms in total. The number of nitro groups is 1. The van der Waals surface area contributed by atoms with Gasteiger partial charge in [-0.2, -0.15) is 5.10 Å². The maximum absolute atomic E-state index is 12.4. The molecule has 0 bridgehead atoms. The first-order valence-electron chi connectivity index (χ1n) is 8.29. The number of ether oxygens (including phenoxy) is 1. The Balaban J connectivity index is 1.68. The largest absolute Gasteiger partial charge is 0.378 e. The number of carbonyl (C=O) groups excluding carboxylic acids is 1. The second-order valence-corrected chi connectivity index (χ2v) is 6.09. The molecule has 2 heterocycles. The smallest absolute Gasteiger partial charge is 0.270 e. The minimum Gasteiger partial charge on any atom is -0.378 e. The molecule has 0 aliphatic carbocycles. The normalized spacial score (nSPS) is 20.2. The summed E-state index contributed by atoms with van der Waals surface area (Å²) in [6, 6.07) is 7.92. The van der Waals surface area contributed by atoms with Crippen LogP contribution in [0.1, 0.15) is 26.2 Å². The van der Waals surface area contributed by atoms with Crippen molar-refractivity contribution in [3.63, 3.8) is 0 Å². The van der Waals surface area contributed by atoms with E-state index in [1.54, 1.807) is 18.2 Å². The Morgan fingerprint density at radius 1 is 1.48 bits per heavy atom. The third-order valence-corrected chi connectivity index (χ3v) is 4.39. The van der Waals surface area contributed by atoms with Gasteiger partial charge in [0.2, 0.25) is 5.91 Å². The van der Waals surface area contributed by atoms with E-state index in [1.807, 2.05) is 6.92 Å². The molecule has 0 radical (unpaired) electrons. The summed E-state index contributed by atoms with van der Waals surface area (Å²) < 4.78 is 5.59. The Bertz CT molecular complexity index is 774. The van der Waals surface area contributed by atoms with Crippen LogP contribution in [0, 0.1) is 16.0 Å². The van der Waals surface area contributed by atoms with E-state index in [-0.39, 0.29) is 23.6 Å². The Kier molecular flexibility index (Phi) is 5.08. The van der Waals surface area contributed by atoms with Crippen LogP contribution < -0.4 is 5.32 Å². The van der Waals surface area contributed by atoms with Gasteiger partial charge in [0.1, 0.15) is 0 Å². The Morgan fingerprint density at radius 2 is 2.32 bits per heavy atom. The lowest BCUT2D eigenvalue weighted by molar-refractivity contribution is -0.384. The lowest BCUT2D eigenvalue weighted by Gasteiger charge is -2.27. The number of aromatic amines is 1. The van der Waals surface area contributed by atoms with Crippen molar-refractivity contribution in [2.24, 2.45) is 5.92 Å². The Labute approximate surface area is 144 Å². The van der Waals surface area contributed by atoms with Crippen LogP contribution in [0.5, 0.6) is 0 Å². The first kappa shape index (κ1) is 17.1. The number of hydrogen-bond acceptors (Lipinski definition) is 5. The highest BCUT2D eigenvalue weighted by molar-refractivity contribution is 5.92. The number of nitro benzene ring substituents is 1. The quantitative estimate of drug-likeness (QED) is 0.639. The van der Waals surface area contributed by atoms with Crippen molar-refractivity contribution < 1.29 is 14.5 Å².